The van der Waals surface area contributed by atoms with Crippen LogP contribution < -0.4 is 0 Å². The third-order valence-electron chi connectivity index (χ3n) is 2.35. The van der Waals surface area contributed by atoms with Crippen molar-refractivity contribution in [2.45, 2.75) is 26.7 Å². The highest BCUT2D eigenvalue weighted by molar-refractivity contribution is 14.1. The Bertz CT molecular complexity index is 292. The van der Waals surface area contributed by atoms with Gasteiger partial charge in [-0.3, -0.25) is 0 Å². The molecular weight excluding hydrogens is 283 g/mol. The summed E-state index contributed by atoms with van der Waals surface area (Å²) in [4.78, 5) is 0. The maximum Gasteiger partial charge on any atom is 0.0125 e. The van der Waals surface area contributed by atoms with Gasteiger partial charge in [-0.15, -0.1) is 0 Å². The normalized spacial score (nSPS) is 22.9. The second kappa shape index (κ2) is 6.23. The van der Waals surface area contributed by atoms with Crippen molar-refractivity contribution in [2.24, 2.45) is 5.92 Å². The zero-order chi connectivity index (χ0) is 10.4. The van der Waals surface area contributed by atoms with Gasteiger partial charge in [0.1, 0.15) is 0 Å². The number of hydrogen-bond acceptors (Lipinski definition) is 0. The Hall–Kier alpha value is -0.310. The summed E-state index contributed by atoms with van der Waals surface area (Å²) in [6.45, 7) is 4.31. The maximum absolute atomic E-state index is 2.44. The van der Waals surface area contributed by atoms with Crippen molar-refractivity contribution >= 4 is 22.6 Å². The first-order valence-corrected chi connectivity index (χ1v) is 6.23. The van der Waals surface area contributed by atoms with E-state index in [1.165, 1.54) is 9.15 Å². The highest BCUT2D eigenvalue weighted by atomic mass is 127. The fourth-order valence-corrected chi connectivity index (χ4v) is 2.79. The fraction of sp³-hybridized carbons (Fsp3) is 0.385. The second-order valence-corrected chi connectivity index (χ2v) is 4.52. The molecule has 1 aliphatic rings. The zero-order valence-corrected chi connectivity index (χ0v) is 11.0. The number of hydrogen-bond donors (Lipinski definition) is 0. The molecule has 1 heteroatoms. The number of halogens is 1. The molecule has 0 nitrogen and oxygen atoms in total. The highest BCUT2D eigenvalue weighted by Crippen LogP contribution is 2.30. The van der Waals surface area contributed by atoms with Crippen LogP contribution in [-0.4, -0.2) is 0 Å². The lowest BCUT2D eigenvalue weighted by Crippen LogP contribution is -2.02. The highest BCUT2D eigenvalue weighted by Gasteiger charge is 2.12. The van der Waals surface area contributed by atoms with Gasteiger partial charge in [-0.25, -0.2) is 0 Å². The molecule has 0 amide bonds. The zero-order valence-electron chi connectivity index (χ0n) is 8.83. The molecule has 0 spiro atoms. The van der Waals surface area contributed by atoms with Gasteiger partial charge in [0.2, 0.25) is 0 Å². The van der Waals surface area contributed by atoms with Gasteiger partial charge in [-0.2, -0.15) is 0 Å². The molecule has 1 atom stereocenters. The molecule has 0 aromatic rings. The molecule has 1 aliphatic carbocycles. The van der Waals surface area contributed by atoms with E-state index in [1.807, 2.05) is 0 Å². The minimum atomic E-state index is 0.583. The first-order chi connectivity index (χ1) is 6.79. The number of rotatable bonds is 3. The Morgan fingerprint density at radius 1 is 1.50 bits per heavy atom. The summed E-state index contributed by atoms with van der Waals surface area (Å²) >= 11 is 2.44. The molecule has 1 unspecified atom stereocenters. The van der Waals surface area contributed by atoms with E-state index in [2.05, 4.69) is 72.9 Å². The van der Waals surface area contributed by atoms with Crippen LogP contribution in [0.5, 0.6) is 0 Å². The Labute approximate surface area is 101 Å². The van der Waals surface area contributed by atoms with Crippen LogP contribution in [0.15, 0.2) is 45.6 Å². The average Bonchev–Trinajstić information content (AvgIpc) is 2.21. The molecule has 0 heterocycles. The monoisotopic (exact) mass is 300 g/mol. The van der Waals surface area contributed by atoms with Gasteiger partial charge in [-0.1, -0.05) is 43.4 Å². The van der Waals surface area contributed by atoms with Crippen LogP contribution in [0.1, 0.15) is 26.7 Å². The van der Waals surface area contributed by atoms with Crippen molar-refractivity contribution in [3.05, 3.63) is 45.6 Å². The minimum absolute atomic E-state index is 0.583. The Morgan fingerprint density at radius 2 is 2.29 bits per heavy atom. The van der Waals surface area contributed by atoms with Gasteiger partial charge in [0, 0.05) is 9.50 Å². The van der Waals surface area contributed by atoms with Crippen LogP contribution in [0, 0.1) is 5.92 Å². The van der Waals surface area contributed by atoms with E-state index in [0.717, 1.165) is 12.8 Å². The van der Waals surface area contributed by atoms with Gasteiger partial charge in [-0.05, 0) is 47.9 Å². The van der Waals surface area contributed by atoms with Gasteiger partial charge in [0.05, 0.1) is 0 Å². The van der Waals surface area contributed by atoms with Crippen molar-refractivity contribution < 1.29 is 0 Å². The van der Waals surface area contributed by atoms with Crippen LogP contribution in [0.3, 0.4) is 0 Å². The lowest BCUT2D eigenvalue weighted by Gasteiger charge is -2.17. The first-order valence-electron chi connectivity index (χ1n) is 5.15. The summed E-state index contributed by atoms with van der Waals surface area (Å²) in [7, 11) is 0. The average molecular weight is 300 g/mol. The van der Waals surface area contributed by atoms with Crippen LogP contribution in [-0.2, 0) is 0 Å². The van der Waals surface area contributed by atoms with Crippen LogP contribution in [0.25, 0.3) is 0 Å². The Morgan fingerprint density at radius 3 is 2.79 bits per heavy atom. The van der Waals surface area contributed by atoms with E-state index in [1.54, 1.807) is 0 Å². The Balaban J connectivity index is 2.78. The SMILES string of the molecule is C/C=C(\C(I)=C/CC)C1C=CC=CC1. The molecule has 1 rings (SSSR count). The molecule has 0 N–H and O–H groups in total. The molecule has 0 saturated heterocycles. The molecule has 0 aromatic carbocycles. The van der Waals surface area contributed by atoms with Gasteiger partial charge < -0.3 is 0 Å². The van der Waals surface area contributed by atoms with Crippen molar-refractivity contribution in [3.8, 4) is 0 Å². The van der Waals surface area contributed by atoms with Gasteiger partial charge in [0.15, 0.2) is 0 Å². The molecule has 0 aliphatic heterocycles. The van der Waals surface area contributed by atoms with Crippen molar-refractivity contribution in [2.75, 3.05) is 0 Å². The summed E-state index contributed by atoms with van der Waals surface area (Å²) in [5.74, 6) is 0.583. The summed E-state index contributed by atoms with van der Waals surface area (Å²) in [6.07, 6.45) is 15.6. The predicted octanol–water partition coefficient (Wildman–Crippen LogP) is 4.79. The molecule has 14 heavy (non-hydrogen) atoms. The minimum Gasteiger partial charge on any atom is -0.0836 e. The quantitative estimate of drug-likeness (QED) is 0.519. The van der Waals surface area contributed by atoms with E-state index in [9.17, 15) is 0 Å². The molecule has 0 aromatic heterocycles. The van der Waals surface area contributed by atoms with Crippen LogP contribution in [0.2, 0.25) is 0 Å². The summed E-state index contributed by atoms with van der Waals surface area (Å²) < 4.78 is 1.40. The van der Waals surface area contributed by atoms with Crippen LogP contribution >= 0.6 is 22.6 Å². The second-order valence-electron chi connectivity index (χ2n) is 3.36. The van der Waals surface area contributed by atoms with E-state index in [-0.39, 0.29) is 0 Å². The molecule has 0 fully saturated rings. The van der Waals surface area contributed by atoms with E-state index in [4.69, 9.17) is 0 Å². The first kappa shape index (κ1) is 11.8. The van der Waals surface area contributed by atoms with E-state index >= 15 is 0 Å². The summed E-state index contributed by atoms with van der Waals surface area (Å²) in [5, 5.41) is 0. The predicted molar refractivity (Wildman–Crippen MR) is 72.5 cm³/mol. The summed E-state index contributed by atoms with van der Waals surface area (Å²) in [5.41, 5.74) is 1.47. The largest absolute Gasteiger partial charge is 0.0836 e. The number of allylic oxidation sites excluding steroid dienone is 8. The van der Waals surface area contributed by atoms with E-state index < -0.39 is 0 Å². The van der Waals surface area contributed by atoms with Crippen LogP contribution in [0.4, 0.5) is 0 Å². The molecule has 0 radical (unpaired) electrons. The topological polar surface area (TPSA) is 0 Å². The van der Waals surface area contributed by atoms with E-state index in [0.29, 0.717) is 5.92 Å². The summed E-state index contributed by atoms with van der Waals surface area (Å²) in [6, 6.07) is 0. The molecule has 0 saturated carbocycles. The van der Waals surface area contributed by atoms with Crippen molar-refractivity contribution in [1.82, 2.24) is 0 Å². The smallest absolute Gasteiger partial charge is 0.0125 e. The lowest BCUT2D eigenvalue weighted by atomic mass is 9.91. The van der Waals surface area contributed by atoms with Crippen molar-refractivity contribution in [3.63, 3.8) is 0 Å². The fourth-order valence-electron chi connectivity index (χ4n) is 1.64. The molecule has 76 valence electrons. The third kappa shape index (κ3) is 3.12. The van der Waals surface area contributed by atoms with Gasteiger partial charge in [0.25, 0.3) is 0 Å². The molecule has 0 bridgehead atoms. The molecular formula is C13H17I. The maximum atomic E-state index is 2.44. The Kier molecular flexibility index (Phi) is 5.23. The lowest BCUT2D eigenvalue weighted by molar-refractivity contribution is 0.782. The van der Waals surface area contributed by atoms with Crippen molar-refractivity contribution in [1.29, 1.82) is 0 Å². The van der Waals surface area contributed by atoms with Gasteiger partial charge >= 0.3 is 0 Å². The standard InChI is InChI=1S/C13H17I/c1-3-8-13(14)12(4-2)11-9-6-5-7-10-11/h4-9,11H,3,10H2,1-2H3/b12-4-,13-8+. The third-order valence-corrected chi connectivity index (χ3v) is 3.41.